The summed E-state index contributed by atoms with van der Waals surface area (Å²) in [6, 6.07) is 5.91. The Bertz CT molecular complexity index is 458. The number of carbonyl (C=O) groups excluding carboxylic acids is 1. The highest BCUT2D eigenvalue weighted by Crippen LogP contribution is 2.17. The third-order valence-electron chi connectivity index (χ3n) is 2.70. The summed E-state index contributed by atoms with van der Waals surface area (Å²) in [6.07, 6.45) is 1.06. The van der Waals surface area contributed by atoms with Gasteiger partial charge in [-0.15, -0.1) is 0 Å². The number of hydrogen-bond donors (Lipinski definition) is 0. The lowest BCUT2D eigenvalue weighted by Gasteiger charge is -2.09. The molecule has 0 radical (unpaired) electrons. The summed E-state index contributed by atoms with van der Waals surface area (Å²) < 4.78 is 4.89. The van der Waals surface area contributed by atoms with Crippen molar-refractivity contribution in [3.05, 3.63) is 34.4 Å². The lowest BCUT2D eigenvalue weighted by Crippen LogP contribution is -2.09. The van der Waals surface area contributed by atoms with Crippen LogP contribution in [0, 0.1) is 18.3 Å². The summed E-state index contributed by atoms with van der Waals surface area (Å²) in [7, 11) is 0. The van der Waals surface area contributed by atoms with Gasteiger partial charge in [0.2, 0.25) is 0 Å². The van der Waals surface area contributed by atoms with Crippen molar-refractivity contribution in [2.45, 2.75) is 33.6 Å². The smallest absolute Gasteiger partial charge is 0.310 e. The molecule has 0 saturated carbocycles. The summed E-state index contributed by atoms with van der Waals surface area (Å²) in [4.78, 5) is 11.4. The second-order valence-corrected chi connectivity index (χ2v) is 3.88. The van der Waals surface area contributed by atoms with Crippen LogP contribution in [0.2, 0.25) is 0 Å². The number of nitriles is 1. The van der Waals surface area contributed by atoms with Crippen LogP contribution in [0.25, 0.3) is 0 Å². The molecule has 1 aromatic carbocycles. The van der Waals surface area contributed by atoms with Gasteiger partial charge in [-0.05, 0) is 43.0 Å². The molecule has 0 fully saturated rings. The second kappa shape index (κ2) is 6.05. The molecule has 0 aromatic heterocycles. The highest BCUT2D eigenvalue weighted by Gasteiger charge is 2.11. The molecule has 1 rings (SSSR count). The van der Waals surface area contributed by atoms with Crippen LogP contribution in [0.1, 0.15) is 36.1 Å². The first kappa shape index (κ1) is 13.2. The Morgan fingerprint density at radius 3 is 2.59 bits per heavy atom. The van der Waals surface area contributed by atoms with Crippen LogP contribution in [0.3, 0.4) is 0 Å². The van der Waals surface area contributed by atoms with Crippen LogP contribution < -0.4 is 0 Å². The molecular formula is C14H17NO2. The minimum absolute atomic E-state index is 0.168. The fourth-order valence-corrected chi connectivity index (χ4v) is 1.81. The number of aryl methyl sites for hydroxylation is 2. The second-order valence-electron chi connectivity index (χ2n) is 3.88. The Labute approximate surface area is 102 Å². The Hall–Kier alpha value is -1.82. The highest BCUT2D eigenvalue weighted by atomic mass is 16.5. The number of benzene rings is 1. The molecule has 0 spiro atoms. The van der Waals surface area contributed by atoms with Crippen LogP contribution in [0.5, 0.6) is 0 Å². The topological polar surface area (TPSA) is 50.1 Å². The van der Waals surface area contributed by atoms with Crippen molar-refractivity contribution in [1.82, 2.24) is 0 Å². The molecule has 0 amide bonds. The average Bonchev–Trinajstić information content (AvgIpc) is 2.29. The van der Waals surface area contributed by atoms with E-state index in [-0.39, 0.29) is 12.4 Å². The molecule has 90 valence electrons. The Morgan fingerprint density at radius 2 is 2.06 bits per heavy atom. The Balaban J connectivity index is 3.03. The summed E-state index contributed by atoms with van der Waals surface area (Å²) in [5.41, 5.74) is 3.58. The van der Waals surface area contributed by atoms with Gasteiger partial charge in [-0.3, -0.25) is 4.79 Å². The summed E-state index contributed by atoms with van der Waals surface area (Å²) in [5, 5.41) is 9.07. The van der Waals surface area contributed by atoms with Crippen molar-refractivity contribution in [1.29, 1.82) is 5.26 Å². The van der Waals surface area contributed by atoms with E-state index in [0.717, 1.165) is 23.1 Å². The maximum absolute atomic E-state index is 11.4. The normalized spacial score (nSPS) is 9.76. The highest BCUT2D eigenvalue weighted by molar-refractivity contribution is 5.73. The van der Waals surface area contributed by atoms with Gasteiger partial charge in [-0.25, -0.2) is 0 Å². The van der Waals surface area contributed by atoms with Gasteiger partial charge in [0.15, 0.2) is 0 Å². The number of rotatable bonds is 4. The molecule has 0 saturated heterocycles. The quantitative estimate of drug-likeness (QED) is 0.748. The fourth-order valence-electron chi connectivity index (χ4n) is 1.81. The number of carbonyl (C=O) groups is 1. The van der Waals surface area contributed by atoms with Gasteiger partial charge in [-0.1, -0.05) is 13.0 Å². The first-order chi connectivity index (χ1) is 8.12. The van der Waals surface area contributed by atoms with Crippen molar-refractivity contribution in [2.24, 2.45) is 0 Å². The van der Waals surface area contributed by atoms with Gasteiger partial charge >= 0.3 is 5.97 Å². The first-order valence-electron chi connectivity index (χ1n) is 5.80. The monoisotopic (exact) mass is 231 g/mol. The molecular weight excluding hydrogens is 214 g/mol. The number of ether oxygens (including phenoxy) is 1. The van der Waals surface area contributed by atoms with Gasteiger partial charge in [-0.2, -0.15) is 5.26 Å². The van der Waals surface area contributed by atoms with E-state index in [0.29, 0.717) is 12.2 Å². The molecule has 1 aromatic rings. The van der Waals surface area contributed by atoms with Crippen molar-refractivity contribution in [3.8, 4) is 6.07 Å². The van der Waals surface area contributed by atoms with Crippen molar-refractivity contribution in [2.75, 3.05) is 6.61 Å². The Morgan fingerprint density at radius 1 is 1.35 bits per heavy atom. The zero-order valence-electron chi connectivity index (χ0n) is 10.5. The summed E-state index contributed by atoms with van der Waals surface area (Å²) in [6.45, 7) is 6.18. The van der Waals surface area contributed by atoms with E-state index in [9.17, 15) is 4.79 Å². The van der Waals surface area contributed by atoms with Gasteiger partial charge in [0.05, 0.1) is 24.7 Å². The van der Waals surface area contributed by atoms with Gasteiger partial charge in [0, 0.05) is 0 Å². The molecule has 0 unspecified atom stereocenters. The standard InChI is InChI=1S/C14H17NO2/c1-4-11-7-13(9-15)12(6-10(11)3)8-14(16)17-5-2/h6-7H,4-5,8H2,1-3H3. The van der Waals surface area contributed by atoms with Crippen LogP contribution in [-0.2, 0) is 22.4 Å². The van der Waals surface area contributed by atoms with E-state index in [1.807, 2.05) is 19.1 Å². The molecule has 0 heterocycles. The lowest BCUT2D eigenvalue weighted by molar-refractivity contribution is -0.142. The van der Waals surface area contributed by atoms with Crippen molar-refractivity contribution < 1.29 is 9.53 Å². The number of hydrogen-bond acceptors (Lipinski definition) is 3. The van der Waals surface area contributed by atoms with Crippen molar-refractivity contribution in [3.63, 3.8) is 0 Å². The fraction of sp³-hybridized carbons (Fsp3) is 0.429. The molecule has 0 atom stereocenters. The zero-order chi connectivity index (χ0) is 12.8. The van der Waals surface area contributed by atoms with E-state index in [1.165, 1.54) is 0 Å². The minimum Gasteiger partial charge on any atom is -0.466 e. The number of nitrogens with zero attached hydrogens (tertiary/aromatic N) is 1. The molecule has 0 N–H and O–H groups in total. The van der Waals surface area contributed by atoms with Gasteiger partial charge < -0.3 is 4.74 Å². The predicted molar refractivity (Wildman–Crippen MR) is 65.6 cm³/mol. The molecule has 0 aliphatic heterocycles. The average molecular weight is 231 g/mol. The van der Waals surface area contributed by atoms with Crippen LogP contribution >= 0.6 is 0 Å². The largest absolute Gasteiger partial charge is 0.466 e. The third kappa shape index (κ3) is 3.32. The maximum atomic E-state index is 11.4. The summed E-state index contributed by atoms with van der Waals surface area (Å²) in [5.74, 6) is -0.285. The lowest BCUT2D eigenvalue weighted by atomic mass is 9.96. The van der Waals surface area contributed by atoms with E-state index in [1.54, 1.807) is 6.92 Å². The molecule has 0 bridgehead atoms. The molecule has 3 heteroatoms. The van der Waals surface area contributed by atoms with Gasteiger partial charge in [0.1, 0.15) is 0 Å². The van der Waals surface area contributed by atoms with E-state index >= 15 is 0 Å². The van der Waals surface area contributed by atoms with Crippen molar-refractivity contribution >= 4 is 5.97 Å². The van der Waals surface area contributed by atoms with Crippen LogP contribution in [-0.4, -0.2) is 12.6 Å². The van der Waals surface area contributed by atoms with Crippen LogP contribution in [0.4, 0.5) is 0 Å². The minimum atomic E-state index is -0.285. The molecule has 0 aliphatic rings. The maximum Gasteiger partial charge on any atom is 0.310 e. The molecule has 0 aliphatic carbocycles. The first-order valence-corrected chi connectivity index (χ1v) is 5.80. The molecule has 17 heavy (non-hydrogen) atoms. The van der Waals surface area contributed by atoms with E-state index in [2.05, 4.69) is 13.0 Å². The van der Waals surface area contributed by atoms with E-state index in [4.69, 9.17) is 10.00 Å². The third-order valence-corrected chi connectivity index (χ3v) is 2.70. The van der Waals surface area contributed by atoms with E-state index < -0.39 is 0 Å². The zero-order valence-corrected chi connectivity index (χ0v) is 10.5. The van der Waals surface area contributed by atoms with Crippen LogP contribution in [0.15, 0.2) is 12.1 Å². The van der Waals surface area contributed by atoms with Gasteiger partial charge in [0.25, 0.3) is 0 Å². The SMILES string of the molecule is CCOC(=O)Cc1cc(C)c(CC)cc1C#N. The molecule has 3 nitrogen and oxygen atoms in total. The predicted octanol–water partition coefficient (Wildman–Crippen LogP) is 2.53. The summed E-state index contributed by atoms with van der Waals surface area (Å²) >= 11 is 0. The Kier molecular flexibility index (Phi) is 4.71. The number of esters is 1.